The van der Waals surface area contributed by atoms with Gasteiger partial charge in [0, 0.05) is 13.1 Å². The van der Waals surface area contributed by atoms with Crippen LogP contribution in [-0.2, 0) is 4.79 Å². The normalized spacial score (nSPS) is 21.2. The molecule has 1 saturated heterocycles. The molecule has 2 N–H and O–H groups in total. The zero-order chi connectivity index (χ0) is 16.2. The van der Waals surface area contributed by atoms with Crippen molar-refractivity contribution in [3.8, 4) is 0 Å². The number of hydrogen-bond donors (Lipinski definition) is 2. The van der Waals surface area contributed by atoms with Crippen LogP contribution in [0.15, 0.2) is 0 Å². The highest BCUT2D eigenvalue weighted by Gasteiger charge is 2.43. The molecule has 0 aromatic rings. The molecule has 0 radical (unpaired) electrons. The van der Waals surface area contributed by atoms with Crippen LogP contribution in [0, 0.1) is 11.8 Å². The third-order valence-electron chi connectivity index (χ3n) is 3.47. The lowest BCUT2D eigenvalue weighted by atomic mass is 9.98. The zero-order valence-corrected chi connectivity index (χ0v) is 12.1. The van der Waals surface area contributed by atoms with Crippen molar-refractivity contribution in [3.05, 3.63) is 0 Å². The predicted octanol–water partition coefficient (Wildman–Crippen LogP) is 2.47. The highest BCUT2D eigenvalue weighted by Crippen LogP contribution is 2.33. The maximum atomic E-state index is 12.7. The van der Waals surface area contributed by atoms with E-state index in [0.29, 0.717) is 0 Å². The number of nitrogens with one attached hydrogen (secondary N) is 1. The van der Waals surface area contributed by atoms with E-state index in [0.717, 1.165) is 4.90 Å². The first kappa shape index (κ1) is 17.6. The molecule has 0 bridgehead atoms. The van der Waals surface area contributed by atoms with Crippen LogP contribution >= 0.6 is 0 Å². The van der Waals surface area contributed by atoms with Gasteiger partial charge in [-0.2, -0.15) is 13.2 Å². The fraction of sp³-hybridized carbons (Fsp3) is 0.846. The summed E-state index contributed by atoms with van der Waals surface area (Å²) in [7, 11) is 0. The van der Waals surface area contributed by atoms with Crippen molar-refractivity contribution in [1.82, 2.24) is 10.2 Å². The number of carbonyl (C=O) groups excluding carboxylic acids is 1. The average Bonchev–Trinajstić information content (AvgIpc) is 2.36. The number of nitrogens with zero attached hydrogens (tertiary/aromatic N) is 1. The summed E-state index contributed by atoms with van der Waals surface area (Å²) in [5.74, 6) is -2.66. The van der Waals surface area contributed by atoms with E-state index in [4.69, 9.17) is 5.11 Å². The largest absolute Gasteiger partial charge is 0.480 e. The summed E-state index contributed by atoms with van der Waals surface area (Å²) < 4.78 is 38.1. The summed E-state index contributed by atoms with van der Waals surface area (Å²) in [5, 5.41) is 11.3. The molecule has 0 aromatic carbocycles. The van der Waals surface area contributed by atoms with Gasteiger partial charge in [-0.1, -0.05) is 13.8 Å². The van der Waals surface area contributed by atoms with E-state index in [-0.39, 0.29) is 31.7 Å². The van der Waals surface area contributed by atoms with Crippen LogP contribution in [0.2, 0.25) is 0 Å². The number of carboxylic acid groups (broad SMARTS) is 1. The first-order valence-corrected chi connectivity index (χ1v) is 6.96. The van der Waals surface area contributed by atoms with Gasteiger partial charge in [0.05, 0.1) is 5.92 Å². The Kier molecular flexibility index (Phi) is 5.86. The molecule has 21 heavy (non-hydrogen) atoms. The van der Waals surface area contributed by atoms with Crippen molar-refractivity contribution in [2.45, 2.75) is 45.3 Å². The van der Waals surface area contributed by atoms with Crippen LogP contribution in [0.5, 0.6) is 0 Å². The molecule has 8 heteroatoms. The highest BCUT2D eigenvalue weighted by atomic mass is 19.4. The van der Waals surface area contributed by atoms with Gasteiger partial charge in [-0.15, -0.1) is 0 Å². The van der Waals surface area contributed by atoms with Crippen molar-refractivity contribution in [1.29, 1.82) is 0 Å². The fourth-order valence-corrected chi connectivity index (χ4v) is 2.36. The molecule has 1 rings (SSSR count). The second kappa shape index (κ2) is 7.00. The third kappa shape index (κ3) is 5.43. The number of piperidine rings is 1. The number of hydrogen-bond acceptors (Lipinski definition) is 2. The van der Waals surface area contributed by atoms with Gasteiger partial charge in [0.15, 0.2) is 0 Å². The summed E-state index contributed by atoms with van der Waals surface area (Å²) in [6.07, 6.45) is -3.83. The molecule has 0 aliphatic carbocycles. The Balaban J connectivity index is 2.63. The van der Waals surface area contributed by atoms with E-state index in [1.165, 1.54) is 0 Å². The van der Waals surface area contributed by atoms with Gasteiger partial charge in [0.2, 0.25) is 0 Å². The molecular formula is C13H21F3N2O3. The van der Waals surface area contributed by atoms with Gasteiger partial charge in [0.1, 0.15) is 6.04 Å². The molecule has 1 aliphatic rings. The summed E-state index contributed by atoms with van der Waals surface area (Å²) in [5.41, 5.74) is 0. The van der Waals surface area contributed by atoms with Gasteiger partial charge < -0.3 is 15.3 Å². The van der Waals surface area contributed by atoms with Crippen LogP contribution in [0.3, 0.4) is 0 Å². The molecular weight excluding hydrogens is 289 g/mol. The molecule has 1 fully saturated rings. The molecule has 2 atom stereocenters. The lowest BCUT2D eigenvalue weighted by Gasteiger charge is -2.34. The quantitative estimate of drug-likeness (QED) is 0.838. The van der Waals surface area contributed by atoms with Crippen molar-refractivity contribution >= 4 is 12.0 Å². The van der Waals surface area contributed by atoms with Crippen molar-refractivity contribution < 1.29 is 27.9 Å². The van der Waals surface area contributed by atoms with Gasteiger partial charge in [-0.25, -0.2) is 9.59 Å². The van der Waals surface area contributed by atoms with Crippen LogP contribution in [0.1, 0.15) is 33.1 Å². The third-order valence-corrected chi connectivity index (χ3v) is 3.47. The van der Waals surface area contributed by atoms with Crippen LogP contribution in [-0.4, -0.2) is 47.3 Å². The second-order valence-corrected chi connectivity index (χ2v) is 5.80. The molecule has 2 unspecified atom stereocenters. The summed E-state index contributed by atoms with van der Waals surface area (Å²) in [4.78, 5) is 24.1. The molecule has 122 valence electrons. The second-order valence-electron chi connectivity index (χ2n) is 5.80. The number of amides is 2. The summed E-state index contributed by atoms with van der Waals surface area (Å²) >= 11 is 0. The van der Waals surface area contributed by atoms with Crippen molar-refractivity contribution in [2.75, 3.05) is 13.1 Å². The Bertz CT molecular complexity index is 385. The van der Waals surface area contributed by atoms with E-state index in [9.17, 15) is 22.8 Å². The zero-order valence-electron chi connectivity index (χ0n) is 12.1. The number of alkyl halides is 3. The number of aliphatic carboxylic acids is 1. The highest BCUT2D eigenvalue weighted by molar-refractivity contribution is 5.82. The van der Waals surface area contributed by atoms with E-state index in [1.54, 1.807) is 0 Å². The Labute approximate surface area is 121 Å². The van der Waals surface area contributed by atoms with Gasteiger partial charge in [0.25, 0.3) is 0 Å². The number of carboxylic acids is 1. The average molecular weight is 310 g/mol. The SMILES string of the molecule is CC(C)CC(NC(=O)N1CCCC(C(F)(F)F)C1)C(=O)O. The number of halogens is 3. The van der Waals surface area contributed by atoms with Gasteiger partial charge in [-0.05, 0) is 25.2 Å². The Morgan fingerprint density at radius 3 is 2.48 bits per heavy atom. The number of rotatable bonds is 4. The molecule has 1 heterocycles. The molecule has 1 aliphatic heterocycles. The first-order valence-electron chi connectivity index (χ1n) is 6.96. The van der Waals surface area contributed by atoms with Gasteiger partial charge in [-0.3, -0.25) is 0 Å². The maximum Gasteiger partial charge on any atom is 0.393 e. The predicted molar refractivity (Wildman–Crippen MR) is 69.8 cm³/mol. The fourth-order valence-electron chi connectivity index (χ4n) is 2.36. The molecule has 0 saturated carbocycles. The summed E-state index contributed by atoms with van der Waals surface area (Å²) in [6, 6.07) is -1.82. The van der Waals surface area contributed by atoms with E-state index in [1.807, 2.05) is 13.8 Å². The molecule has 5 nitrogen and oxygen atoms in total. The monoisotopic (exact) mass is 310 g/mol. The standard InChI is InChI=1S/C13H21F3N2O3/c1-8(2)6-10(11(19)20)17-12(21)18-5-3-4-9(7-18)13(14,15)16/h8-10H,3-7H2,1-2H3,(H,17,21)(H,19,20). The smallest absolute Gasteiger partial charge is 0.393 e. The number of carbonyl (C=O) groups is 2. The minimum Gasteiger partial charge on any atom is -0.480 e. The van der Waals surface area contributed by atoms with Crippen molar-refractivity contribution in [2.24, 2.45) is 11.8 Å². The Morgan fingerprint density at radius 1 is 1.38 bits per heavy atom. The van der Waals surface area contributed by atoms with E-state index >= 15 is 0 Å². The van der Waals surface area contributed by atoms with Gasteiger partial charge >= 0.3 is 18.2 Å². The number of likely N-dealkylation sites (tertiary alicyclic amines) is 1. The maximum absolute atomic E-state index is 12.7. The molecule has 0 aromatic heterocycles. The van der Waals surface area contributed by atoms with Crippen molar-refractivity contribution in [3.63, 3.8) is 0 Å². The minimum atomic E-state index is -4.33. The molecule has 2 amide bonds. The molecule has 0 spiro atoms. The van der Waals surface area contributed by atoms with E-state index in [2.05, 4.69) is 5.32 Å². The first-order chi connectivity index (χ1) is 9.61. The topological polar surface area (TPSA) is 69.6 Å². The van der Waals surface area contributed by atoms with Crippen LogP contribution < -0.4 is 5.32 Å². The number of urea groups is 1. The van der Waals surface area contributed by atoms with Crippen LogP contribution in [0.4, 0.5) is 18.0 Å². The Hall–Kier alpha value is -1.47. The van der Waals surface area contributed by atoms with Crippen LogP contribution in [0.25, 0.3) is 0 Å². The lowest BCUT2D eigenvalue weighted by molar-refractivity contribution is -0.184. The lowest BCUT2D eigenvalue weighted by Crippen LogP contribution is -2.52. The summed E-state index contributed by atoms with van der Waals surface area (Å²) in [6.45, 7) is 3.42. The minimum absolute atomic E-state index is 0.00162. The van der Waals surface area contributed by atoms with E-state index < -0.39 is 36.7 Å². The Morgan fingerprint density at radius 2 is 2.00 bits per heavy atom.